The average Bonchev–Trinajstić information content (AvgIpc) is 3.13. The molecule has 3 aromatic rings. The quantitative estimate of drug-likeness (QED) is 0.330. The van der Waals surface area contributed by atoms with Crippen LogP contribution in [0.15, 0.2) is 66.7 Å². The summed E-state index contributed by atoms with van der Waals surface area (Å²) >= 11 is -2.60. The molecule has 0 saturated carbocycles. The zero-order valence-corrected chi connectivity index (χ0v) is 21.0. The van der Waals surface area contributed by atoms with E-state index in [1.807, 2.05) is 0 Å². The third-order valence-electron chi connectivity index (χ3n) is 5.85. The Balaban J connectivity index is 2.02. The van der Waals surface area contributed by atoms with Crippen molar-refractivity contribution in [2.75, 3.05) is 0 Å². The third kappa shape index (κ3) is 3.95. The number of benzene rings is 3. The molecule has 0 aliphatic heterocycles. The first-order valence-electron chi connectivity index (χ1n) is 10.2. The molecule has 1 unspecified atom stereocenters. The second-order valence-corrected chi connectivity index (χ2v) is 16.7. The minimum absolute atomic E-state index is 0.173. The Labute approximate surface area is 189 Å². The number of fused-ring (bicyclic) bond motifs is 1. The van der Waals surface area contributed by atoms with Gasteiger partial charge in [-0.05, 0) is 0 Å². The van der Waals surface area contributed by atoms with Crippen molar-refractivity contribution < 1.29 is 19.4 Å². The van der Waals surface area contributed by atoms with Crippen LogP contribution in [-0.2, 0) is 25.8 Å². The SMILES string of the molecule is CCc1ccccc1-c1c(C(C)C)ccc2c1C=C(c1ccccc1)[CH]2[Zr]([Cl])[Cl]. The van der Waals surface area contributed by atoms with E-state index in [0.717, 1.165) is 6.42 Å². The van der Waals surface area contributed by atoms with Crippen molar-refractivity contribution in [3.63, 3.8) is 0 Å². The molecule has 0 radical (unpaired) electrons. The molecule has 3 aromatic carbocycles. The zero-order chi connectivity index (χ0) is 20.5. The average molecular weight is 500 g/mol. The van der Waals surface area contributed by atoms with Crippen LogP contribution in [-0.4, -0.2) is 0 Å². The fourth-order valence-corrected chi connectivity index (χ4v) is 9.61. The third-order valence-corrected chi connectivity index (χ3v) is 11.0. The van der Waals surface area contributed by atoms with E-state index < -0.39 is 19.4 Å². The van der Waals surface area contributed by atoms with E-state index in [9.17, 15) is 0 Å². The van der Waals surface area contributed by atoms with E-state index in [2.05, 4.69) is 93.6 Å². The van der Waals surface area contributed by atoms with Crippen LogP contribution in [0.25, 0.3) is 22.8 Å². The molecular weight excluding hydrogens is 474 g/mol. The molecule has 1 aliphatic carbocycles. The van der Waals surface area contributed by atoms with Gasteiger partial charge in [0.2, 0.25) is 0 Å². The van der Waals surface area contributed by atoms with Crippen molar-refractivity contribution in [2.45, 2.75) is 36.7 Å². The van der Waals surface area contributed by atoms with Crippen molar-refractivity contribution in [3.05, 3.63) is 94.5 Å². The van der Waals surface area contributed by atoms with Crippen molar-refractivity contribution in [1.82, 2.24) is 0 Å². The Kier molecular flexibility index (Phi) is 6.50. The van der Waals surface area contributed by atoms with Crippen LogP contribution in [0.2, 0.25) is 0 Å². The van der Waals surface area contributed by atoms with Gasteiger partial charge in [-0.1, -0.05) is 0 Å². The summed E-state index contributed by atoms with van der Waals surface area (Å²) in [5.41, 5.74) is 10.6. The fraction of sp³-hybridized carbons (Fsp3) is 0.231. The Morgan fingerprint density at radius 3 is 2.24 bits per heavy atom. The molecule has 0 spiro atoms. The topological polar surface area (TPSA) is 0 Å². The van der Waals surface area contributed by atoms with Crippen molar-refractivity contribution in [3.8, 4) is 11.1 Å². The summed E-state index contributed by atoms with van der Waals surface area (Å²) < 4.78 is 0.173. The van der Waals surface area contributed by atoms with Gasteiger partial charge in [-0.2, -0.15) is 0 Å². The van der Waals surface area contributed by atoms with Crippen LogP contribution in [0.3, 0.4) is 0 Å². The molecule has 147 valence electrons. The molecule has 3 heteroatoms. The standard InChI is InChI=1S/C26H25.2ClH.Zr/c1-4-19-10-8-9-13-24(19)26-23(18(2)3)15-14-21-16-22(17-25(21)26)20-11-6-5-7-12-20;;;/h5-18H,4H2,1-3H3;2*1H;/q;;;+2/p-2. The molecule has 4 rings (SSSR count). The van der Waals surface area contributed by atoms with Gasteiger partial charge in [0.05, 0.1) is 0 Å². The van der Waals surface area contributed by atoms with Crippen molar-refractivity contribution in [1.29, 1.82) is 0 Å². The van der Waals surface area contributed by atoms with Gasteiger partial charge in [0, 0.05) is 0 Å². The van der Waals surface area contributed by atoms with E-state index in [0.29, 0.717) is 5.92 Å². The molecule has 0 heterocycles. The summed E-state index contributed by atoms with van der Waals surface area (Å²) in [7, 11) is 13.5. The first-order valence-corrected chi connectivity index (χ1v) is 18.0. The van der Waals surface area contributed by atoms with Crippen LogP contribution < -0.4 is 0 Å². The maximum atomic E-state index is 6.74. The number of aryl methyl sites for hydroxylation is 1. The number of halogens is 2. The minimum atomic E-state index is -2.60. The van der Waals surface area contributed by atoms with Gasteiger partial charge >= 0.3 is 190 Å². The Hall–Kier alpha value is -1.14. The summed E-state index contributed by atoms with van der Waals surface area (Å²) in [5.74, 6) is 0.443. The molecule has 0 N–H and O–H groups in total. The van der Waals surface area contributed by atoms with Crippen molar-refractivity contribution >= 4 is 28.7 Å². The van der Waals surface area contributed by atoms with E-state index >= 15 is 0 Å². The summed E-state index contributed by atoms with van der Waals surface area (Å²) in [6.45, 7) is 6.78. The molecule has 0 aromatic heterocycles. The van der Waals surface area contributed by atoms with Crippen LogP contribution >= 0.6 is 17.0 Å². The molecule has 0 bridgehead atoms. The second-order valence-electron chi connectivity index (χ2n) is 7.89. The van der Waals surface area contributed by atoms with Gasteiger partial charge in [-0.15, -0.1) is 0 Å². The van der Waals surface area contributed by atoms with Crippen LogP contribution in [0.5, 0.6) is 0 Å². The summed E-state index contributed by atoms with van der Waals surface area (Å²) in [4.78, 5) is 0. The second kappa shape index (κ2) is 8.93. The van der Waals surface area contributed by atoms with E-state index in [1.54, 1.807) is 0 Å². The molecule has 1 aliphatic rings. The maximum absolute atomic E-state index is 6.74. The molecular formula is C26H25Cl2Zr. The fourth-order valence-electron chi connectivity index (χ4n) is 4.44. The Morgan fingerprint density at radius 2 is 1.59 bits per heavy atom. The molecule has 0 nitrogen and oxygen atoms in total. The van der Waals surface area contributed by atoms with Gasteiger partial charge in [-0.25, -0.2) is 0 Å². The monoisotopic (exact) mass is 497 g/mol. The Bertz CT molecular complexity index is 1050. The van der Waals surface area contributed by atoms with Gasteiger partial charge in [0.15, 0.2) is 0 Å². The van der Waals surface area contributed by atoms with Gasteiger partial charge in [-0.3, -0.25) is 0 Å². The van der Waals surface area contributed by atoms with Gasteiger partial charge in [0.25, 0.3) is 0 Å². The van der Waals surface area contributed by atoms with Gasteiger partial charge < -0.3 is 0 Å². The van der Waals surface area contributed by atoms with Crippen LogP contribution in [0.1, 0.15) is 58.1 Å². The molecule has 0 amide bonds. The molecule has 29 heavy (non-hydrogen) atoms. The molecule has 0 fully saturated rings. The predicted molar refractivity (Wildman–Crippen MR) is 124 cm³/mol. The number of allylic oxidation sites excluding steroid dienone is 1. The normalized spacial score (nSPS) is 15.4. The Morgan fingerprint density at radius 1 is 0.897 bits per heavy atom. The molecule has 0 saturated heterocycles. The number of rotatable bonds is 5. The first-order chi connectivity index (χ1) is 14.0. The zero-order valence-electron chi connectivity index (χ0n) is 17.0. The van der Waals surface area contributed by atoms with E-state index in [-0.39, 0.29) is 3.63 Å². The van der Waals surface area contributed by atoms with E-state index in [1.165, 1.54) is 44.5 Å². The number of hydrogen-bond donors (Lipinski definition) is 0. The van der Waals surface area contributed by atoms with Crippen molar-refractivity contribution in [2.24, 2.45) is 0 Å². The predicted octanol–water partition coefficient (Wildman–Crippen LogP) is 8.56. The summed E-state index contributed by atoms with van der Waals surface area (Å²) in [6.07, 6.45) is 3.39. The molecule has 1 atom stereocenters. The summed E-state index contributed by atoms with van der Waals surface area (Å²) in [6, 6.07) is 24.0. The number of hydrogen-bond acceptors (Lipinski definition) is 0. The van der Waals surface area contributed by atoms with Crippen LogP contribution in [0.4, 0.5) is 0 Å². The first kappa shape index (κ1) is 21.1. The van der Waals surface area contributed by atoms with Crippen LogP contribution in [0, 0.1) is 0 Å². The van der Waals surface area contributed by atoms with E-state index in [4.69, 9.17) is 17.0 Å². The summed E-state index contributed by atoms with van der Waals surface area (Å²) in [5, 5.41) is 0. The van der Waals surface area contributed by atoms with Gasteiger partial charge in [0.1, 0.15) is 0 Å².